The fourth-order valence-electron chi connectivity index (χ4n) is 3.21. The zero-order chi connectivity index (χ0) is 22.2. The molecule has 0 radical (unpaired) electrons. The van der Waals surface area contributed by atoms with Gasteiger partial charge in [-0.1, -0.05) is 17.8 Å². The van der Waals surface area contributed by atoms with E-state index in [2.05, 4.69) is 20.5 Å². The molecule has 2 N–H and O–H groups in total. The highest BCUT2D eigenvalue weighted by Crippen LogP contribution is 2.26. The lowest BCUT2D eigenvalue weighted by Gasteiger charge is -2.25. The molecule has 8 heteroatoms. The van der Waals surface area contributed by atoms with Crippen LogP contribution in [0.1, 0.15) is 10.4 Å². The number of hydrogen-bond acceptors (Lipinski definition) is 6. The molecule has 164 valence electrons. The second-order valence-corrected chi connectivity index (χ2v) is 8.36. The summed E-state index contributed by atoms with van der Waals surface area (Å²) in [4.78, 5) is 32.1. The van der Waals surface area contributed by atoms with E-state index in [9.17, 15) is 9.59 Å². The Kier molecular flexibility index (Phi) is 7.50. The van der Waals surface area contributed by atoms with E-state index in [-0.39, 0.29) is 11.8 Å². The van der Waals surface area contributed by atoms with Crippen LogP contribution in [0.25, 0.3) is 0 Å². The number of pyridine rings is 1. The van der Waals surface area contributed by atoms with Crippen LogP contribution in [0.4, 0.5) is 11.4 Å². The average molecular weight is 449 g/mol. The van der Waals surface area contributed by atoms with Crippen molar-refractivity contribution in [3.63, 3.8) is 0 Å². The predicted molar refractivity (Wildman–Crippen MR) is 125 cm³/mol. The van der Waals surface area contributed by atoms with Gasteiger partial charge in [0.25, 0.3) is 5.91 Å². The Labute approximate surface area is 191 Å². The van der Waals surface area contributed by atoms with Crippen molar-refractivity contribution in [2.75, 3.05) is 43.5 Å². The minimum Gasteiger partial charge on any atom is -0.379 e. The van der Waals surface area contributed by atoms with Gasteiger partial charge in [0.1, 0.15) is 5.03 Å². The van der Waals surface area contributed by atoms with Gasteiger partial charge >= 0.3 is 0 Å². The summed E-state index contributed by atoms with van der Waals surface area (Å²) in [5.74, 6) is -0.254. The van der Waals surface area contributed by atoms with Crippen LogP contribution in [0.2, 0.25) is 0 Å². The second kappa shape index (κ2) is 10.9. The van der Waals surface area contributed by atoms with Gasteiger partial charge in [-0.3, -0.25) is 14.5 Å². The Morgan fingerprint density at radius 1 is 0.906 bits per heavy atom. The molecule has 2 amide bonds. The van der Waals surface area contributed by atoms with Gasteiger partial charge in [0.2, 0.25) is 5.91 Å². The number of hydrogen-bond donors (Lipinski definition) is 2. The van der Waals surface area contributed by atoms with E-state index in [1.807, 2.05) is 30.3 Å². The maximum absolute atomic E-state index is 12.6. The van der Waals surface area contributed by atoms with Gasteiger partial charge < -0.3 is 15.4 Å². The van der Waals surface area contributed by atoms with Crippen molar-refractivity contribution in [1.29, 1.82) is 0 Å². The smallest absolute Gasteiger partial charge is 0.255 e. The van der Waals surface area contributed by atoms with Gasteiger partial charge in [0.05, 0.1) is 19.8 Å². The number of amides is 2. The van der Waals surface area contributed by atoms with Crippen molar-refractivity contribution < 1.29 is 14.3 Å². The van der Waals surface area contributed by atoms with Crippen LogP contribution in [0.15, 0.2) is 82.8 Å². The van der Waals surface area contributed by atoms with Crippen molar-refractivity contribution in [1.82, 2.24) is 9.88 Å². The summed E-state index contributed by atoms with van der Waals surface area (Å²) in [5.41, 5.74) is 1.92. The number of nitrogens with zero attached hydrogens (tertiary/aromatic N) is 2. The van der Waals surface area contributed by atoms with E-state index in [0.717, 1.165) is 23.0 Å². The molecule has 0 bridgehead atoms. The van der Waals surface area contributed by atoms with E-state index >= 15 is 0 Å². The second-order valence-electron chi connectivity index (χ2n) is 7.26. The number of carbonyl (C=O) groups excluding carboxylic acids is 2. The van der Waals surface area contributed by atoms with Crippen molar-refractivity contribution >= 4 is 35.0 Å². The maximum Gasteiger partial charge on any atom is 0.255 e. The molecule has 2 aromatic carbocycles. The molecule has 4 rings (SSSR count). The first-order valence-electron chi connectivity index (χ1n) is 10.4. The molecule has 1 aromatic heterocycles. The van der Waals surface area contributed by atoms with Crippen LogP contribution in [-0.4, -0.2) is 54.5 Å². The molecule has 0 atom stereocenters. The van der Waals surface area contributed by atoms with E-state index in [4.69, 9.17) is 4.74 Å². The first kappa shape index (κ1) is 22.0. The fraction of sp³-hybridized carbons (Fsp3) is 0.208. The Morgan fingerprint density at radius 3 is 2.25 bits per heavy atom. The average Bonchev–Trinajstić information content (AvgIpc) is 2.82. The Morgan fingerprint density at radius 2 is 1.59 bits per heavy atom. The van der Waals surface area contributed by atoms with E-state index in [1.54, 1.807) is 54.4 Å². The van der Waals surface area contributed by atoms with Gasteiger partial charge in [-0.2, -0.15) is 0 Å². The molecule has 0 aliphatic carbocycles. The first-order valence-corrected chi connectivity index (χ1v) is 11.2. The van der Waals surface area contributed by atoms with E-state index < -0.39 is 0 Å². The summed E-state index contributed by atoms with van der Waals surface area (Å²) in [5, 5.41) is 6.67. The van der Waals surface area contributed by atoms with E-state index in [0.29, 0.717) is 36.7 Å². The van der Waals surface area contributed by atoms with Gasteiger partial charge in [0, 0.05) is 41.1 Å². The van der Waals surface area contributed by atoms with Gasteiger partial charge in [-0.05, 0) is 60.7 Å². The van der Waals surface area contributed by atoms with Crippen LogP contribution in [0.3, 0.4) is 0 Å². The fourth-order valence-corrected chi connectivity index (χ4v) is 3.98. The molecule has 3 aromatic rings. The number of rotatable bonds is 7. The SMILES string of the molecule is O=C(CN1CCOCC1)Nc1ccc(NC(=O)c2ccc(Sc3ccccn3)cc2)cc1. The summed E-state index contributed by atoms with van der Waals surface area (Å²) < 4.78 is 5.29. The minimum absolute atomic E-state index is 0.0626. The van der Waals surface area contributed by atoms with E-state index in [1.165, 1.54) is 0 Å². The summed E-state index contributed by atoms with van der Waals surface area (Å²) in [6, 6.07) is 20.3. The van der Waals surface area contributed by atoms with Crippen molar-refractivity contribution in [3.05, 3.63) is 78.5 Å². The topological polar surface area (TPSA) is 83.6 Å². The largest absolute Gasteiger partial charge is 0.379 e. The number of morpholine rings is 1. The number of nitrogens with one attached hydrogen (secondary N) is 2. The first-order chi connectivity index (χ1) is 15.7. The third-order valence-electron chi connectivity index (χ3n) is 4.87. The van der Waals surface area contributed by atoms with Crippen LogP contribution in [-0.2, 0) is 9.53 Å². The highest BCUT2D eigenvalue weighted by atomic mass is 32.2. The third kappa shape index (κ3) is 6.40. The molecule has 7 nitrogen and oxygen atoms in total. The Hall–Kier alpha value is -3.20. The summed E-state index contributed by atoms with van der Waals surface area (Å²) in [6.45, 7) is 3.19. The molecule has 1 fully saturated rings. The Bertz CT molecular complexity index is 1040. The van der Waals surface area contributed by atoms with Crippen LogP contribution >= 0.6 is 11.8 Å². The monoisotopic (exact) mass is 448 g/mol. The zero-order valence-corrected chi connectivity index (χ0v) is 18.3. The van der Waals surface area contributed by atoms with Crippen molar-refractivity contribution in [3.8, 4) is 0 Å². The molecule has 0 saturated carbocycles. The summed E-state index contributed by atoms with van der Waals surface area (Å²) in [7, 11) is 0. The van der Waals surface area contributed by atoms with Gasteiger partial charge in [-0.25, -0.2) is 4.98 Å². The quantitative estimate of drug-likeness (QED) is 0.573. The lowest BCUT2D eigenvalue weighted by Crippen LogP contribution is -2.41. The Balaban J connectivity index is 1.28. The number of benzene rings is 2. The van der Waals surface area contributed by atoms with Crippen molar-refractivity contribution in [2.45, 2.75) is 9.92 Å². The number of carbonyl (C=O) groups is 2. The maximum atomic E-state index is 12.6. The highest BCUT2D eigenvalue weighted by Gasteiger charge is 2.14. The summed E-state index contributed by atoms with van der Waals surface area (Å²) in [6.07, 6.45) is 1.75. The molecule has 1 saturated heterocycles. The van der Waals surface area contributed by atoms with Crippen LogP contribution in [0, 0.1) is 0 Å². The minimum atomic E-state index is -0.191. The highest BCUT2D eigenvalue weighted by molar-refractivity contribution is 7.99. The van der Waals surface area contributed by atoms with Crippen LogP contribution in [0.5, 0.6) is 0 Å². The van der Waals surface area contributed by atoms with Crippen molar-refractivity contribution in [2.24, 2.45) is 0 Å². The zero-order valence-electron chi connectivity index (χ0n) is 17.5. The van der Waals surface area contributed by atoms with Gasteiger partial charge in [-0.15, -0.1) is 0 Å². The lowest BCUT2D eigenvalue weighted by atomic mass is 10.2. The molecular weight excluding hydrogens is 424 g/mol. The molecule has 0 spiro atoms. The van der Waals surface area contributed by atoms with Crippen LogP contribution < -0.4 is 10.6 Å². The molecule has 32 heavy (non-hydrogen) atoms. The molecular formula is C24H24N4O3S. The molecule has 0 unspecified atom stereocenters. The molecule has 2 heterocycles. The third-order valence-corrected chi connectivity index (χ3v) is 5.83. The summed E-state index contributed by atoms with van der Waals surface area (Å²) >= 11 is 1.54. The van der Waals surface area contributed by atoms with Gasteiger partial charge in [0.15, 0.2) is 0 Å². The standard InChI is InChI=1S/C24H24N4O3S/c29-22(17-28-13-15-31-16-14-28)26-19-6-8-20(9-7-19)27-24(30)18-4-10-21(11-5-18)32-23-3-1-2-12-25-23/h1-12H,13-17H2,(H,26,29)(H,27,30). The number of aromatic nitrogens is 1. The number of anilines is 2. The lowest BCUT2D eigenvalue weighted by molar-refractivity contribution is -0.118. The molecule has 1 aliphatic heterocycles. The molecule has 1 aliphatic rings. The predicted octanol–water partition coefficient (Wildman–Crippen LogP) is 3.76. The number of ether oxygens (including phenoxy) is 1. The normalized spacial score (nSPS) is 14.0.